The summed E-state index contributed by atoms with van der Waals surface area (Å²) < 4.78 is 5.20. The fraction of sp³-hybridized carbons (Fsp3) is 0.588. The van der Waals surface area contributed by atoms with Gasteiger partial charge >= 0.3 is 5.97 Å². The summed E-state index contributed by atoms with van der Waals surface area (Å²) in [5.41, 5.74) is 0.948. The third-order valence-corrected chi connectivity index (χ3v) is 4.21. The smallest absolute Gasteiger partial charge is 0.312 e. The summed E-state index contributed by atoms with van der Waals surface area (Å²) in [7, 11) is 0. The topological polar surface area (TPSA) is 46.5 Å². The van der Waals surface area contributed by atoms with E-state index in [0.717, 1.165) is 24.0 Å². The van der Waals surface area contributed by atoms with Crippen molar-refractivity contribution in [3.63, 3.8) is 0 Å². The van der Waals surface area contributed by atoms with Crippen LogP contribution in [0.1, 0.15) is 44.7 Å². The largest absolute Gasteiger partial charge is 0.466 e. The number of hydrogen-bond acceptors (Lipinski definition) is 3. The maximum atomic E-state index is 12.3. The Labute approximate surface area is 121 Å². The summed E-state index contributed by atoms with van der Waals surface area (Å²) in [4.78, 5) is 12.3. The standard InChI is InChI=1S/C17H24O3/c1-4-20-16(18)15(12(2)3)17(19)11-7-9-13-8-5-6-10-14(13)17/h5-6,8,10,12,15,19H,4,7,9,11H2,1-3H3. The molecule has 3 nitrogen and oxygen atoms in total. The predicted octanol–water partition coefficient (Wildman–Crippen LogP) is 3.05. The van der Waals surface area contributed by atoms with Crippen LogP contribution in [0.5, 0.6) is 0 Å². The molecular formula is C17H24O3. The van der Waals surface area contributed by atoms with E-state index < -0.39 is 11.5 Å². The van der Waals surface area contributed by atoms with Crippen LogP contribution in [-0.4, -0.2) is 17.7 Å². The number of rotatable bonds is 4. The molecule has 0 amide bonds. The highest BCUT2D eigenvalue weighted by atomic mass is 16.5. The zero-order valence-corrected chi connectivity index (χ0v) is 12.6. The van der Waals surface area contributed by atoms with Crippen molar-refractivity contribution in [2.24, 2.45) is 11.8 Å². The van der Waals surface area contributed by atoms with Crippen LogP contribution in [0.3, 0.4) is 0 Å². The van der Waals surface area contributed by atoms with Crippen molar-refractivity contribution >= 4 is 5.97 Å². The van der Waals surface area contributed by atoms with Gasteiger partial charge < -0.3 is 9.84 Å². The number of esters is 1. The third-order valence-electron chi connectivity index (χ3n) is 4.21. The third kappa shape index (κ3) is 2.59. The first kappa shape index (κ1) is 15.0. The molecule has 0 saturated heterocycles. The molecule has 0 bridgehead atoms. The Bertz CT molecular complexity index is 481. The van der Waals surface area contributed by atoms with Gasteiger partial charge in [0.05, 0.1) is 12.5 Å². The van der Waals surface area contributed by atoms with E-state index in [1.165, 1.54) is 0 Å². The Hall–Kier alpha value is -1.35. The first-order valence-corrected chi connectivity index (χ1v) is 7.48. The molecule has 20 heavy (non-hydrogen) atoms. The van der Waals surface area contributed by atoms with Gasteiger partial charge in [0.15, 0.2) is 0 Å². The van der Waals surface area contributed by atoms with Gasteiger partial charge in [-0.3, -0.25) is 4.79 Å². The average Bonchev–Trinajstić information content (AvgIpc) is 2.39. The molecule has 2 rings (SSSR count). The van der Waals surface area contributed by atoms with E-state index in [-0.39, 0.29) is 11.9 Å². The van der Waals surface area contributed by atoms with E-state index in [0.29, 0.717) is 13.0 Å². The number of fused-ring (bicyclic) bond motifs is 1. The van der Waals surface area contributed by atoms with Gasteiger partial charge in [-0.25, -0.2) is 0 Å². The van der Waals surface area contributed by atoms with Crippen molar-refractivity contribution < 1.29 is 14.6 Å². The summed E-state index contributed by atoms with van der Waals surface area (Å²) in [5.74, 6) is -0.768. The minimum Gasteiger partial charge on any atom is -0.466 e. The van der Waals surface area contributed by atoms with Gasteiger partial charge in [-0.1, -0.05) is 38.1 Å². The van der Waals surface area contributed by atoms with Gasteiger partial charge in [0.2, 0.25) is 0 Å². The van der Waals surface area contributed by atoms with Crippen LogP contribution in [0.25, 0.3) is 0 Å². The minimum atomic E-state index is -1.10. The molecule has 2 atom stereocenters. The Morgan fingerprint density at radius 2 is 2.10 bits per heavy atom. The molecule has 3 heteroatoms. The molecular weight excluding hydrogens is 252 g/mol. The fourth-order valence-corrected chi connectivity index (χ4v) is 3.42. The molecule has 0 aliphatic heterocycles. The van der Waals surface area contributed by atoms with E-state index in [4.69, 9.17) is 4.74 Å². The molecule has 0 radical (unpaired) electrons. The fourth-order valence-electron chi connectivity index (χ4n) is 3.42. The summed E-state index contributed by atoms with van der Waals surface area (Å²) in [6.07, 6.45) is 2.48. The molecule has 0 fully saturated rings. The highest BCUT2D eigenvalue weighted by molar-refractivity contribution is 5.75. The second-order valence-corrected chi connectivity index (χ2v) is 5.91. The lowest BCUT2D eigenvalue weighted by Crippen LogP contribution is -2.45. The molecule has 0 saturated carbocycles. The molecule has 0 aromatic heterocycles. The number of aliphatic hydroxyl groups is 1. The quantitative estimate of drug-likeness (QED) is 0.860. The monoisotopic (exact) mass is 276 g/mol. The van der Waals surface area contributed by atoms with Gasteiger partial charge in [0.1, 0.15) is 5.60 Å². The van der Waals surface area contributed by atoms with Crippen LogP contribution in [0, 0.1) is 11.8 Å². The SMILES string of the molecule is CCOC(=O)C(C(C)C)C1(O)CCCc2ccccc21. The summed E-state index contributed by atoms with van der Waals surface area (Å²) in [6.45, 7) is 6.08. The Morgan fingerprint density at radius 3 is 2.75 bits per heavy atom. The normalized spacial score (nSPS) is 23.2. The Morgan fingerprint density at radius 1 is 1.40 bits per heavy atom. The first-order chi connectivity index (χ1) is 9.50. The van der Waals surface area contributed by atoms with Crippen LogP contribution in [0.15, 0.2) is 24.3 Å². The first-order valence-electron chi connectivity index (χ1n) is 7.48. The molecule has 0 heterocycles. The highest BCUT2D eigenvalue weighted by Gasteiger charge is 2.47. The van der Waals surface area contributed by atoms with Gasteiger partial charge in [-0.05, 0) is 43.2 Å². The predicted molar refractivity (Wildman–Crippen MR) is 78.2 cm³/mol. The van der Waals surface area contributed by atoms with Crippen molar-refractivity contribution in [2.75, 3.05) is 6.61 Å². The lowest BCUT2D eigenvalue weighted by Gasteiger charge is -2.41. The van der Waals surface area contributed by atoms with E-state index in [9.17, 15) is 9.90 Å². The molecule has 110 valence electrons. The van der Waals surface area contributed by atoms with Crippen LogP contribution in [0.2, 0.25) is 0 Å². The van der Waals surface area contributed by atoms with Gasteiger partial charge in [0, 0.05) is 0 Å². The number of hydrogen-bond donors (Lipinski definition) is 1. The van der Waals surface area contributed by atoms with Crippen molar-refractivity contribution in [1.82, 2.24) is 0 Å². The van der Waals surface area contributed by atoms with Gasteiger partial charge in [-0.15, -0.1) is 0 Å². The maximum Gasteiger partial charge on any atom is 0.312 e. The van der Waals surface area contributed by atoms with Crippen LogP contribution >= 0.6 is 0 Å². The van der Waals surface area contributed by atoms with Crippen LogP contribution in [-0.2, 0) is 21.6 Å². The number of ether oxygens (including phenoxy) is 1. The van der Waals surface area contributed by atoms with E-state index in [1.54, 1.807) is 6.92 Å². The second-order valence-electron chi connectivity index (χ2n) is 5.91. The number of carbonyl (C=O) groups is 1. The highest BCUT2D eigenvalue weighted by Crippen LogP contribution is 2.44. The summed E-state index contributed by atoms with van der Waals surface area (Å²) in [6, 6.07) is 7.90. The summed E-state index contributed by atoms with van der Waals surface area (Å²) in [5, 5.41) is 11.2. The lowest BCUT2D eigenvalue weighted by molar-refractivity contribution is -0.164. The van der Waals surface area contributed by atoms with Crippen LogP contribution < -0.4 is 0 Å². The molecule has 2 unspecified atom stereocenters. The molecule has 1 aromatic carbocycles. The number of carbonyl (C=O) groups excluding carboxylic acids is 1. The summed E-state index contributed by atoms with van der Waals surface area (Å²) >= 11 is 0. The molecule has 1 N–H and O–H groups in total. The van der Waals surface area contributed by atoms with E-state index >= 15 is 0 Å². The average molecular weight is 276 g/mol. The van der Waals surface area contributed by atoms with Gasteiger partial charge in [-0.2, -0.15) is 0 Å². The number of benzene rings is 1. The van der Waals surface area contributed by atoms with Crippen molar-refractivity contribution in [1.29, 1.82) is 0 Å². The van der Waals surface area contributed by atoms with E-state index in [1.807, 2.05) is 38.1 Å². The Kier molecular flexibility index (Phi) is 4.48. The van der Waals surface area contributed by atoms with Gasteiger partial charge in [0.25, 0.3) is 0 Å². The van der Waals surface area contributed by atoms with E-state index in [2.05, 4.69) is 0 Å². The van der Waals surface area contributed by atoms with Crippen molar-refractivity contribution in [3.05, 3.63) is 35.4 Å². The lowest BCUT2D eigenvalue weighted by atomic mass is 9.68. The minimum absolute atomic E-state index is 0.0326. The Balaban J connectivity index is 2.45. The zero-order valence-electron chi connectivity index (χ0n) is 12.6. The molecule has 0 spiro atoms. The molecule has 1 aliphatic rings. The number of aryl methyl sites for hydroxylation is 1. The molecule has 1 aliphatic carbocycles. The van der Waals surface area contributed by atoms with Crippen molar-refractivity contribution in [2.45, 2.75) is 45.6 Å². The van der Waals surface area contributed by atoms with Crippen molar-refractivity contribution in [3.8, 4) is 0 Å². The van der Waals surface area contributed by atoms with Crippen LogP contribution in [0.4, 0.5) is 0 Å². The zero-order chi connectivity index (χ0) is 14.8. The maximum absolute atomic E-state index is 12.3. The molecule has 1 aromatic rings. The second kappa shape index (κ2) is 5.96.